The van der Waals surface area contributed by atoms with E-state index in [1.54, 1.807) is 37.4 Å². The van der Waals surface area contributed by atoms with Crippen LogP contribution < -0.4 is 4.90 Å². The van der Waals surface area contributed by atoms with Crippen molar-refractivity contribution >= 4 is 34.7 Å². The minimum atomic E-state index is -1.19. The van der Waals surface area contributed by atoms with Crippen LogP contribution in [0.15, 0.2) is 42.5 Å². The van der Waals surface area contributed by atoms with Gasteiger partial charge in [-0.15, -0.1) is 0 Å². The SMILES string of the molecule is CN(C(=O)c1ccc(N2CCCCCC2)c([N+](=O)[O-])c1)[C@]1(c2ccccc2Cl)CCCCC1=O. The van der Waals surface area contributed by atoms with Crippen molar-refractivity contribution in [2.24, 2.45) is 0 Å². The van der Waals surface area contributed by atoms with Gasteiger partial charge in [0.25, 0.3) is 11.6 Å². The fourth-order valence-electron chi connectivity index (χ4n) is 5.38. The molecule has 34 heavy (non-hydrogen) atoms. The first kappa shape index (κ1) is 24.2. The highest BCUT2D eigenvalue weighted by Gasteiger charge is 2.48. The number of anilines is 1. The molecule has 0 bridgehead atoms. The first-order chi connectivity index (χ1) is 16.4. The first-order valence-corrected chi connectivity index (χ1v) is 12.3. The number of Topliss-reactive ketones (excluding diaryl/α,β-unsaturated/α-hetero) is 1. The Bertz CT molecular complexity index is 1100. The average molecular weight is 484 g/mol. The summed E-state index contributed by atoms with van der Waals surface area (Å²) in [5.74, 6) is -0.487. The fraction of sp³-hybridized carbons (Fsp3) is 0.462. The number of rotatable bonds is 5. The third-order valence-electron chi connectivity index (χ3n) is 7.22. The Hall–Kier alpha value is -2.93. The molecule has 2 fully saturated rings. The molecule has 1 saturated carbocycles. The topological polar surface area (TPSA) is 83.8 Å². The highest BCUT2D eigenvalue weighted by molar-refractivity contribution is 6.31. The maximum absolute atomic E-state index is 13.7. The van der Waals surface area contributed by atoms with E-state index in [2.05, 4.69) is 0 Å². The van der Waals surface area contributed by atoms with Gasteiger partial charge < -0.3 is 9.80 Å². The third-order valence-corrected chi connectivity index (χ3v) is 7.55. The third kappa shape index (κ3) is 4.41. The number of likely N-dealkylation sites (N-methyl/N-ethyl adjacent to an activating group) is 1. The Morgan fingerprint density at radius 2 is 1.76 bits per heavy atom. The number of hydrogen-bond donors (Lipinski definition) is 0. The van der Waals surface area contributed by atoms with Gasteiger partial charge in [-0.05, 0) is 50.3 Å². The van der Waals surface area contributed by atoms with Gasteiger partial charge in [0, 0.05) is 48.8 Å². The number of carbonyl (C=O) groups is 2. The van der Waals surface area contributed by atoms with Crippen LogP contribution in [0.3, 0.4) is 0 Å². The van der Waals surface area contributed by atoms with Crippen LogP contribution >= 0.6 is 11.6 Å². The second kappa shape index (κ2) is 10.1. The number of amides is 1. The average Bonchev–Trinajstić information content (AvgIpc) is 3.13. The maximum atomic E-state index is 13.7. The molecular formula is C26H30ClN3O4. The number of carbonyl (C=O) groups excluding carboxylic acids is 2. The van der Waals surface area contributed by atoms with Gasteiger partial charge in [-0.3, -0.25) is 19.7 Å². The van der Waals surface area contributed by atoms with Crippen LogP contribution in [0.1, 0.15) is 67.3 Å². The molecule has 8 heteroatoms. The molecule has 0 N–H and O–H groups in total. The molecule has 2 aromatic rings. The first-order valence-electron chi connectivity index (χ1n) is 12.0. The van der Waals surface area contributed by atoms with Gasteiger partial charge in [-0.1, -0.05) is 42.6 Å². The molecule has 1 atom stereocenters. The summed E-state index contributed by atoms with van der Waals surface area (Å²) in [5.41, 5.74) is 0.0698. The predicted octanol–water partition coefficient (Wildman–Crippen LogP) is 5.74. The van der Waals surface area contributed by atoms with Crippen LogP contribution in [0, 0.1) is 10.1 Å². The second-order valence-electron chi connectivity index (χ2n) is 9.20. The maximum Gasteiger partial charge on any atom is 0.293 e. The summed E-state index contributed by atoms with van der Waals surface area (Å²) < 4.78 is 0. The molecule has 0 radical (unpaired) electrons. The number of ketones is 1. The second-order valence-corrected chi connectivity index (χ2v) is 9.60. The summed E-state index contributed by atoms with van der Waals surface area (Å²) in [6, 6.07) is 11.8. The molecule has 1 heterocycles. The number of nitro groups is 1. The van der Waals surface area contributed by atoms with Crippen LogP contribution in [0.2, 0.25) is 5.02 Å². The van der Waals surface area contributed by atoms with Gasteiger partial charge in [0.1, 0.15) is 11.2 Å². The highest BCUT2D eigenvalue weighted by atomic mass is 35.5. The number of halogens is 1. The van der Waals surface area contributed by atoms with Crippen molar-refractivity contribution in [2.45, 2.75) is 56.9 Å². The zero-order valence-corrected chi connectivity index (χ0v) is 20.2. The summed E-state index contributed by atoms with van der Waals surface area (Å²) in [6.07, 6.45) is 6.58. The van der Waals surface area contributed by atoms with Crippen molar-refractivity contribution in [3.05, 3.63) is 68.7 Å². The molecule has 0 spiro atoms. The fourth-order valence-corrected chi connectivity index (χ4v) is 5.67. The molecule has 1 aliphatic carbocycles. The monoisotopic (exact) mass is 483 g/mol. The molecule has 180 valence electrons. The van der Waals surface area contributed by atoms with Crippen molar-refractivity contribution in [2.75, 3.05) is 25.0 Å². The van der Waals surface area contributed by atoms with E-state index in [9.17, 15) is 19.7 Å². The molecule has 1 aliphatic heterocycles. The van der Waals surface area contributed by atoms with Crippen LogP contribution in [0.25, 0.3) is 0 Å². The van der Waals surface area contributed by atoms with Crippen LogP contribution in [0.4, 0.5) is 11.4 Å². The van der Waals surface area contributed by atoms with Gasteiger partial charge in [0.15, 0.2) is 5.78 Å². The predicted molar refractivity (Wildman–Crippen MR) is 132 cm³/mol. The van der Waals surface area contributed by atoms with Gasteiger partial charge in [-0.25, -0.2) is 0 Å². The van der Waals surface area contributed by atoms with E-state index in [1.807, 2.05) is 11.0 Å². The number of nitrogens with zero attached hydrogens (tertiary/aromatic N) is 3. The molecule has 1 amide bonds. The molecular weight excluding hydrogens is 454 g/mol. The number of nitro benzene ring substituents is 1. The molecule has 2 aliphatic rings. The minimum absolute atomic E-state index is 0.0570. The van der Waals surface area contributed by atoms with Crippen LogP contribution in [0.5, 0.6) is 0 Å². The summed E-state index contributed by atoms with van der Waals surface area (Å²) in [4.78, 5) is 42.1. The number of hydrogen-bond acceptors (Lipinski definition) is 5. The lowest BCUT2D eigenvalue weighted by Gasteiger charge is -2.44. The van der Waals surface area contributed by atoms with E-state index >= 15 is 0 Å². The minimum Gasteiger partial charge on any atom is -0.366 e. The van der Waals surface area contributed by atoms with E-state index < -0.39 is 16.4 Å². The van der Waals surface area contributed by atoms with Crippen molar-refractivity contribution in [3.8, 4) is 0 Å². The molecule has 4 rings (SSSR count). The standard InChI is InChI=1S/C26H30ClN3O4/c1-28(26(15-7-6-12-24(26)31)20-10-4-5-11-21(20)27)25(32)19-13-14-22(23(18-19)30(33)34)29-16-8-2-3-9-17-29/h4-5,10-11,13-14,18H,2-3,6-9,12,15-17H2,1H3/t26-/m0/s1. The van der Waals surface area contributed by atoms with Crippen LogP contribution in [-0.2, 0) is 10.3 Å². The molecule has 0 aromatic heterocycles. The van der Waals surface area contributed by atoms with Crippen molar-refractivity contribution in [1.29, 1.82) is 0 Å². The zero-order valence-electron chi connectivity index (χ0n) is 19.5. The van der Waals surface area contributed by atoms with Gasteiger partial charge in [0.05, 0.1) is 4.92 Å². The molecule has 1 saturated heterocycles. The Labute approximate surface area is 204 Å². The van der Waals surface area contributed by atoms with E-state index in [4.69, 9.17) is 11.6 Å². The quantitative estimate of drug-likeness (QED) is 0.400. The Kier molecular flexibility index (Phi) is 7.22. The van der Waals surface area contributed by atoms with Gasteiger partial charge in [-0.2, -0.15) is 0 Å². The summed E-state index contributed by atoms with van der Waals surface area (Å²) in [6.45, 7) is 1.52. The van der Waals surface area contributed by atoms with E-state index in [1.165, 1.54) is 11.0 Å². The lowest BCUT2D eigenvalue weighted by atomic mass is 9.74. The van der Waals surface area contributed by atoms with Gasteiger partial charge in [0.2, 0.25) is 0 Å². The lowest BCUT2D eigenvalue weighted by molar-refractivity contribution is -0.384. The van der Waals surface area contributed by atoms with Crippen LogP contribution in [-0.4, -0.2) is 41.7 Å². The largest absolute Gasteiger partial charge is 0.366 e. The van der Waals surface area contributed by atoms with Crippen molar-refractivity contribution in [3.63, 3.8) is 0 Å². The Morgan fingerprint density at radius 1 is 1.06 bits per heavy atom. The smallest absolute Gasteiger partial charge is 0.293 e. The highest BCUT2D eigenvalue weighted by Crippen LogP contribution is 2.43. The summed E-state index contributed by atoms with van der Waals surface area (Å²) in [7, 11) is 1.60. The Balaban J connectivity index is 1.73. The summed E-state index contributed by atoms with van der Waals surface area (Å²) >= 11 is 6.51. The van der Waals surface area contributed by atoms with Crippen molar-refractivity contribution < 1.29 is 14.5 Å². The zero-order chi connectivity index (χ0) is 24.3. The molecule has 7 nitrogen and oxygen atoms in total. The van der Waals surface area contributed by atoms with Gasteiger partial charge >= 0.3 is 0 Å². The lowest BCUT2D eigenvalue weighted by Crippen LogP contribution is -2.54. The van der Waals surface area contributed by atoms with E-state index in [-0.39, 0.29) is 17.0 Å². The number of benzene rings is 2. The molecule has 0 unspecified atom stereocenters. The Morgan fingerprint density at radius 3 is 2.41 bits per heavy atom. The van der Waals surface area contributed by atoms with Crippen molar-refractivity contribution in [1.82, 2.24) is 4.90 Å². The van der Waals surface area contributed by atoms with E-state index in [0.717, 1.165) is 51.6 Å². The molecule has 2 aromatic carbocycles. The summed E-state index contributed by atoms with van der Waals surface area (Å²) in [5, 5.41) is 12.4. The van der Waals surface area contributed by atoms with E-state index in [0.29, 0.717) is 29.1 Å². The normalized spacial score (nSPS) is 21.1.